The van der Waals surface area contributed by atoms with Gasteiger partial charge in [-0.3, -0.25) is 10.1 Å². The van der Waals surface area contributed by atoms with Gasteiger partial charge in [-0.1, -0.05) is 24.3 Å². The summed E-state index contributed by atoms with van der Waals surface area (Å²) in [6.07, 6.45) is 1.99. The highest BCUT2D eigenvalue weighted by atomic mass is 127. The standard InChI is InChI=1S/C17H16IN3O2/c1-20-9-14(12-4-2-3-5-17(12)20)13(10-21(22)23)11-6-7-16(19)15(18)8-11/h2-9,13H,10,19H2,1H3. The molecule has 1 atom stereocenters. The van der Waals surface area contributed by atoms with Crippen LogP contribution in [0, 0.1) is 13.7 Å². The van der Waals surface area contributed by atoms with E-state index in [0.29, 0.717) is 5.69 Å². The molecule has 1 heterocycles. The molecule has 0 fully saturated rings. The lowest BCUT2D eigenvalue weighted by molar-refractivity contribution is -0.481. The van der Waals surface area contributed by atoms with E-state index in [1.807, 2.05) is 60.3 Å². The van der Waals surface area contributed by atoms with Crippen LogP contribution in [0.2, 0.25) is 0 Å². The zero-order valence-electron chi connectivity index (χ0n) is 12.6. The van der Waals surface area contributed by atoms with Crippen LogP contribution >= 0.6 is 22.6 Å². The van der Waals surface area contributed by atoms with E-state index in [1.54, 1.807) is 0 Å². The maximum Gasteiger partial charge on any atom is 0.214 e. The van der Waals surface area contributed by atoms with Crippen LogP contribution in [0.5, 0.6) is 0 Å². The fraction of sp³-hybridized carbons (Fsp3) is 0.176. The number of hydrogen-bond acceptors (Lipinski definition) is 3. The van der Waals surface area contributed by atoms with Crippen molar-refractivity contribution in [1.29, 1.82) is 0 Å². The number of aryl methyl sites for hydroxylation is 1. The highest BCUT2D eigenvalue weighted by molar-refractivity contribution is 14.1. The van der Waals surface area contributed by atoms with Crippen molar-refractivity contribution >= 4 is 39.2 Å². The van der Waals surface area contributed by atoms with E-state index in [2.05, 4.69) is 22.6 Å². The zero-order valence-corrected chi connectivity index (χ0v) is 14.7. The van der Waals surface area contributed by atoms with E-state index in [9.17, 15) is 10.1 Å². The number of nitrogens with zero attached hydrogens (tertiary/aromatic N) is 2. The molecule has 2 N–H and O–H groups in total. The lowest BCUT2D eigenvalue weighted by atomic mass is 9.91. The number of anilines is 1. The average Bonchev–Trinajstić information content (AvgIpc) is 2.85. The molecule has 23 heavy (non-hydrogen) atoms. The van der Waals surface area contributed by atoms with Crippen molar-refractivity contribution in [3.05, 3.63) is 73.5 Å². The summed E-state index contributed by atoms with van der Waals surface area (Å²) in [7, 11) is 1.96. The largest absolute Gasteiger partial charge is 0.398 e. The van der Waals surface area contributed by atoms with Gasteiger partial charge >= 0.3 is 0 Å². The summed E-state index contributed by atoms with van der Waals surface area (Å²) in [5, 5.41) is 12.3. The van der Waals surface area contributed by atoms with E-state index in [4.69, 9.17) is 5.73 Å². The van der Waals surface area contributed by atoms with E-state index in [0.717, 1.165) is 25.6 Å². The van der Waals surface area contributed by atoms with E-state index >= 15 is 0 Å². The molecule has 5 nitrogen and oxygen atoms in total. The van der Waals surface area contributed by atoms with Crippen molar-refractivity contribution in [3.63, 3.8) is 0 Å². The van der Waals surface area contributed by atoms with Crippen molar-refractivity contribution in [1.82, 2.24) is 4.57 Å². The molecule has 0 aliphatic heterocycles. The van der Waals surface area contributed by atoms with Crippen LogP contribution in [0.15, 0.2) is 48.7 Å². The van der Waals surface area contributed by atoms with Gasteiger partial charge < -0.3 is 10.3 Å². The quantitative estimate of drug-likeness (QED) is 0.302. The Morgan fingerprint density at radius 3 is 2.74 bits per heavy atom. The van der Waals surface area contributed by atoms with Gasteiger partial charge in [-0.15, -0.1) is 0 Å². The highest BCUT2D eigenvalue weighted by Crippen LogP contribution is 2.33. The van der Waals surface area contributed by atoms with Crippen molar-refractivity contribution in [3.8, 4) is 0 Å². The molecule has 2 aromatic carbocycles. The maximum absolute atomic E-state index is 11.2. The molecule has 118 valence electrons. The van der Waals surface area contributed by atoms with Gasteiger partial charge in [-0.25, -0.2) is 0 Å². The number of rotatable bonds is 4. The number of aromatic nitrogens is 1. The number of nitrogens with two attached hydrogens (primary N) is 1. The van der Waals surface area contributed by atoms with Crippen LogP contribution in [0.4, 0.5) is 5.69 Å². The van der Waals surface area contributed by atoms with Gasteiger partial charge in [-0.05, 0) is 51.9 Å². The molecule has 0 aliphatic carbocycles. The summed E-state index contributed by atoms with van der Waals surface area (Å²) >= 11 is 2.16. The third-order valence-corrected chi connectivity index (χ3v) is 5.00. The third-order valence-electron chi connectivity index (χ3n) is 4.06. The van der Waals surface area contributed by atoms with E-state index < -0.39 is 0 Å². The van der Waals surface area contributed by atoms with Crippen molar-refractivity contribution < 1.29 is 4.92 Å². The highest BCUT2D eigenvalue weighted by Gasteiger charge is 2.24. The SMILES string of the molecule is Cn1cc(C(C[N+](=O)[O-])c2ccc(N)c(I)c2)c2ccccc21. The fourth-order valence-electron chi connectivity index (χ4n) is 2.94. The minimum absolute atomic E-state index is 0.145. The minimum atomic E-state index is -0.301. The molecule has 0 radical (unpaired) electrons. The van der Waals surface area contributed by atoms with Crippen LogP contribution in [-0.2, 0) is 7.05 Å². The molecule has 0 bridgehead atoms. The summed E-state index contributed by atoms with van der Waals surface area (Å²) in [5.74, 6) is -0.301. The van der Waals surface area contributed by atoms with Gasteiger partial charge in [0.25, 0.3) is 0 Å². The van der Waals surface area contributed by atoms with Crippen LogP contribution in [0.25, 0.3) is 10.9 Å². The number of nitro groups is 1. The molecule has 0 saturated heterocycles. The molecule has 0 saturated carbocycles. The predicted octanol–water partition coefficient (Wildman–Crippen LogP) is 3.77. The molecule has 3 rings (SSSR count). The van der Waals surface area contributed by atoms with Crippen LogP contribution in [-0.4, -0.2) is 16.0 Å². The number of fused-ring (bicyclic) bond motifs is 1. The second kappa shape index (κ2) is 6.19. The molecule has 0 amide bonds. The Morgan fingerprint density at radius 2 is 2.04 bits per heavy atom. The summed E-state index contributed by atoms with van der Waals surface area (Å²) in [4.78, 5) is 11.0. The molecular formula is C17H16IN3O2. The van der Waals surface area contributed by atoms with Gasteiger partial charge in [0.05, 0.1) is 5.92 Å². The molecule has 3 aromatic rings. The Morgan fingerprint density at radius 1 is 1.30 bits per heavy atom. The lowest BCUT2D eigenvalue weighted by Gasteiger charge is -2.14. The van der Waals surface area contributed by atoms with Gasteiger partial charge in [0.1, 0.15) is 0 Å². The summed E-state index contributed by atoms with van der Waals surface area (Å²) in [5.41, 5.74) is 9.52. The normalized spacial score (nSPS) is 12.4. The number of nitrogen functional groups attached to an aromatic ring is 1. The Labute approximate surface area is 147 Å². The van der Waals surface area contributed by atoms with Crippen molar-refractivity contribution in [2.75, 3.05) is 12.3 Å². The molecule has 1 aromatic heterocycles. The Kier molecular flexibility index (Phi) is 4.25. The van der Waals surface area contributed by atoms with Crippen LogP contribution in [0.3, 0.4) is 0 Å². The first-order chi connectivity index (χ1) is 11.0. The molecule has 1 unspecified atom stereocenters. The second-order valence-electron chi connectivity index (χ2n) is 5.56. The predicted molar refractivity (Wildman–Crippen MR) is 100 cm³/mol. The second-order valence-corrected chi connectivity index (χ2v) is 6.72. The Balaban J connectivity index is 2.18. The van der Waals surface area contributed by atoms with Crippen LogP contribution in [0.1, 0.15) is 17.0 Å². The van der Waals surface area contributed by atoms with Crippen LogP contribution < -0.4 is 5.73 Å². The zero-order chi connectivity index (χ0) is 16.6. The molecule has 0 aliphatic rings. The summed E-state index contributed by atoms with van der Waals surface area (Å²) < 4.78 is 2.92. The first-order valence-corrected chi connectivity index (χ1v) is 8.26. The molecular weight excluding hydrogens is 405 g/mol. The monoisotopic (exact) mass is 421 g/mol. The average molecular weight is 421 g/mol. The van der Waals surface area contributed by atoms with Gasteiger partial charge in [-0.2, -0.15) is 0 Å². The first kappa shape index (κ1) is 15.8. The topological polar surface area (TPSA) is 74.1 Å². The maximum atomic E-state index is 11.2. The van der Waals surface area contributed by atoms with Gasteiger partial charge in [0.2, 0.25) is 6.54 Å². The van der Waals surface area contributed by atoms with Gasteiger partial charge in [0, 0.05) is 38.3 Å². The number of halogens is 1. The molecule has 0 spiro atoms. The van der Waals surface area contributed by atoms with Gasteiger partial charge in [0.15, 0.2) is 0 Å². The first-order valence-electron chi connectivity index (χ1n) is 7.18. The third kappa shape index (κ3) is 3.03. The number of benzene rings is 2. The number of para-hydroxylation sites is 1. The summed E-state index contributed by atoms with van der Waals surface area (Å²) in [6.45, 7) is -0.145. The van der Waals surface area contributed by atoms with Crippen molar-refractivity contribution in [2.45, 2.75) is 5.92 Å². The number of hydrogen-bond donors (Lipinski definition) is 1. The molecule has 6 heteroatoms. The fourth-order valence-corrected chi connectivity index (χ4v) is 3.48. The lowest BCUT2D eigenvalue weighted by Crippen LogP contribution is -2.14. The summed E-state index contributed by atoms with van der Waals surface area (Å²) in [6, 6.07) is 13.6. The Bertz CT molecular complexity index is 889. The minimum Gasteiger partial charge on any atom is -0.398 e. The van der Waals surface area contributed by atoms with E-state index in [-0.39, 0.29) is 17.4 Å². The van der Waals surface area contributed by atoms with Crippen molar-refractivity contribution in [2.24, 2.45) is 7.05 Å². The Hall–Kier alpha value is -2.09. The smallest absolute Gasteiger partial charge is 0.214 e. The van der Waals surface area contributed by atoms with E-state index in [1.165, 1.54) is 0 Å².